The van der Waals surface area contributed by atoms with Crippen LogP contribution in [0.4, 0.5) is 0 Å². The van der Waals surface area contributed by atoms with Crippen molar-refractivity contribution in [1.82, 2.24) is 30.9 Å². The van der Waals surface area contributed by atoms with Crippen LogP contribution < -0.4 is 5.32 Å². The molecule has 0 radical (unpaired) electrons. The fraction of sp³-hybridized carbons (Fsp3) is 0.125. The third-order valence-corrected chi connectivity index (χ3v) is 5.40. The van der Waals surface area contributed by atoms with Crippen LogP contribution in [0.3, 0.4) is 0 Å². The Morgan fingerprint density at radius 2 is 1.63 bits per heavy atom. The number of nitrogens with one attached hydrogen (secondary N) is 3. The summed E-state index contributed by atoms with van der Waals surface area (Å²) < 4.78 is 0. The van der Waals surface area contributed by atoms with Gasteiger partial charge in [-0.05, 0) is 46.8 Å². The molecule has 2 atom stereocenters. The van der Waals surface area contributed by atoms with E-state index in [1.165, 1.54) is 10.9 Å². The van der Waals surface area contributed by atoms with Crippen molar-refractivity contribution in [2.45, 2.75) is 19.0 Å². The molecule has 0 aliphatic rings. The summed E-state index contributed by atoms with van der Waals surface area (Å²) in [6.45, 7) is 2.19. The van der Waals surface area contributed by atoms with E-state index in [2.05, 4.69) is 105 Å². The Morgan fingerprint density at radius 1 is 0.833 bits per heavy atom. The summed E-state index contributed by atoms with van der Waals surface area (Å²) in [6, 6.07) is 29.5. The zero-order valence-corrected chi connectivity index (χ0v) is 16.6. The number of aromatic amines is 2. The van der Waals surface area contributed by atoms with Crippen molar-refractivity contribution in [1.29, 1.82) is 0 Å². The first kappa shape index (κ1) is 18.3. The largest absolute Gasteiger partial charge is 0.357 e. The van der Waals surface area contributed by atoms with E-state index in [1.54, 1.807) is 0 Å². The predicted molar refractivity (Wildman–Crippen MR) is 118 cm³/mol. The number of tetrazole rings is 1. The van der Waals surface area contributed by atoms with Crippen molar-refractivity contribution in [3.63, 3.8) is 0 Å². The van der Waals surface area contributed by atoms with Crippen LogP contribution in [-0.4, -0.2) is 25.6 Å². The molecule has 0 spiro atoms. The van der Waals surface area contributed by atoms with Crippen LogP contribution in [-0.2, 0) is 0 Å². The third kappa shape index (κ3) is 3.60. The Kier molecular flexibility index (Phi) is 4.83. The minimum atomic E-state index is -0.0283. The van der Waals surface area contributed by atoms with Gasteiger partial charge in [0.25, 0.3) is 0 Å². The molecule has 30 heavy (non-hydrogen) atoms. The van der Waals surface area contributed by atoms with Gasteiger partial charge in [-0.2, -0.15) is 5.21 Å². The first-order valence-corrected chi connectivity index (χ1v) is 10.0. The topological polar surface area (TPSA) is 82.3 Å². The molecule has 6 heteroatoms. The summed E-state index contributed by atoms with van der Waals surface area (Å²) >= 11 is 0. The lowest BCUT2D eigenvalue weighted by molar-refractivity contribution is 0.510. The van der Waals surface area contributed by atoms with Crippen LogP contribution in [0.25, 0.3) is 22.3 Å². The molecule has 2 aromatic heterocycles. The van der Waals surface area contributed by atoms with Gasteiger partial charge in [0, 0.05) is 22.8 Å². The second-order valence-electron chi connectivity index (χ2n) is 7.40. The van der Waals surface area contributed by atoms with E-state index < -0.39 is 0 Å². The van der Waals surface area contributed by atoms with E-state index in [-0.39, 0.29) is 12.1 Å². The zero-order chi connectivity index (χ0) is 20.3. The van der Waals surface area contributed by atoms with Gasteiger partial charge in [0.15, 0.2) is 0 Å². The number of H-pyrrole nitrogens is 2. The molecular formula is C24H22N6. The van der Waals surface area contributed by atoms with Crippen LogP contribution in [0.2, 0.25) is 0 Å². The highest BCUT2D eigenvalue weighted by atomic mass is 15.5. The fourth-order valence-corrected chi connectivity index (χ4v) is 3.85. The Morgan fingerprint density at radius 3 is 2.43 bits per heavy atom. The highest BCUT2D eigenvalue weighted by Crippen LogP contribution is 2.30. The van der Waals surface area contributed by atoms with Gasteiger partial charge in [0.2, 0.25) is 5.82 Å². The van der Waals surface area contributed by atoms with E-state index >= 15 is 0 Å². The molecule has 2 unspecified atom stereocenters. The van der Waals surface area contributed by atoms with Crippen molar-refractivity contribution in [2.75, 3.05) is 0 Å². The van der Waals surface area contributed by atoms with E-state index in [4.69, 9.17) is 0 Å². The van der Waals surface area contributed by atoms with Gasteiger partial charge < -0.3 is 4.98 Å². The average Bonchev–Trinajstić information content (AvgIpc) is 3.48. The Balaban J connectivity index is 1.56. The molecule has 6 nitrogen and oxygen atoms in total. The minimum absolute atomic E-state index is 0.0283. The van der Waals surface area contributed by atoms with E-state index in [1.807, 2.05) is 18.2 Å². The van der Waals surface area contributed by atoms with E-state index in [0.29, 0.717) is 5.82 Å². The second-order valence-corrected chi connectivity index (χ2v) is 7.40. The third-order valence-electron chi connectivity index (χ3n) is 5.40. The predicted octanol–water partition coefficient (Wildman–Crippen LogP) is 4.79. The highest BCUT2D eigenvalue weighted by Gasteiger charge is 2.20. The smallest absolute Gasteiger partial charge is 0.204 e. The maximum Gasteiger partial charge on any atom is 0.204 e. The zero-order valence-electron chi connectivity index (χ0n) is 16.6. The van der Waals surface area contributed by atoms with E-state index in [9.17, 15) is 0 Å². The SMILES string of the molecule is CC(NC(c1cccc(-c2nn[nH]n2)c1)c1cc2ccccc2[nH]1)c1ccccc1. The lowest BCUT2D eigenvalue weighted by Gasteiger charge is -2.24. The van der Waals surface area contributed by atoms with Crippen molar-refractivity contribution in [3.05, 3.63) is 102 Å². The summed E-state index contributed by atoms with van der Waals surface area (Å²) in [5.74, 6) is 0.586. The fourth-order valence-electron chi connectivity index (χ4n) is 3.85. The Hall–Kier alpha value is -3.77. The number of hydrogen-bond donors (Lipinski definition) is 3. The van der Waals surface area contributed by atoms with Gasteiger partial charge in [-0.3, -0.25) is 5.32 Å². The van der Waals surface area contributed by atoms with Crippen molar-refractivity contribution in [2.24, 2.45) is 0 Å². The molecule has 0 saturated carbocycles. The van der Waals surface area contributed by atoms with Gasteiger partial charge in [0.05, 0.1) is 6.04 Å². The molecule has 0 aliphatic carbocycles. The van der Waals surface area contributed by atoms with Crippen LogP contribution in [0.15, 0.2) is 84.9 Å². The van der Waals surface area contributed by atoms with Crippen LogP contribution in [0.1, 0.15) is 35.8 Å². The number of fused-ring (bicyclic) bond motifs is 1. The van der Waals surface area contributed by atoms with Crippen LogP contribution >= 0.6 is 0 Å². The number of nitrogens with zero attached hydrogens (tertiary/aromatic N) is 3. The minimum Gasteiger partial charge on any atom is -0.357 e. The summed E-state index contributed by atoms with van der Waals surface area (Å²) in [5.41, 5.74) is 5.54. The first-order chi connectivity index (χ1) is 14.8. The van der Waals surface area contributed by atoms with Crippen molar-refractivity contribution >= 4 is 10.9 Å². The summed E-state index contributed by atoms with van der Waals surface area (Å²) in [4.78, 5) is 3.59. The number of rotatable bonds is 6. The number of aromatic nitrogens is 5. The maximum absolute atomic E-state index is 4.13. The monoisotopic (exact) mass is 394 g/mol. The normalized spacial score (nSPS) is 13.4. The summed E-state index contributed by atoms with van der Waals surface area (Å²) in [7, 11) is 0. The molecule has 0 fully saturated rings. The molecular weight excluding hydrogens is 372 g/mol. The highest BCUT2D eigenvalue weighted by molar-refractivity contribution is 5.80. The summed E-state index contributed by atoms with van der Waals surface area (Å²) in [5, 5.41) is 19.5. The second kappa shape index (κ2) is 7.93. The van der Waals surface area contributed by atoms with Crippen molar-refractivity contribution in [3.8, 4) is 11.4 Å². The van der Waals surface area contributed by atoms with Crippen LogP contribution in [0.5, 0.6) is 0 Å². The number of benzene rings is 3. The molecule has 148 valence electrons. The number of para-hydroxylation sites is 1. The number of hydrogen-bond acceptors (Lipinski definition) is 4. The standard InChI is InChI=1S/C24H22N6/c1-16(17-8-3-2-4-9-17)25-23(22-15-18-10-5-6-13-21(18)26-22)19-11-7-12-20(14-19)24-27-29-30-28-24/h2-16,23,25-26H,1H3,(H,27,28,29,30). The molecule has 3 aromatic carbocycles. The average molecular weight is 394 g/mol. The quantitative estimate of drug-likeness (QED) is 0.387. The Labute approximate surface area is 174 Å². The molecule has 0 amide bonds. The molecule has 5 aromatic rings. The molecule has 3 N–H and O–H groups in total. The van der Waals surface area contributed by atoms with Gasteiger partial charge in [-0.1, -0.05) is 66.7 Å². The molecule has 0 aliphatic heterocycles. The molecule has 0 saturated heterocycles. The lowest BCUT2D eigenvalue weighted by Crippen LogP contribution is -2.26. The maximum atomic E-state index is 4.13. The summed E-state index contributed by atoms with van der Waals surface area (Å²) in [6.07, 6.45) is 0. The van der Waals surface area contributed by atoms with Crippen LogP contribution in [0, 0.1) is 0 Å². The van der Waals surface area contributed by atoms with Gasteiger partial charge in [-0.25, -0.2) is 0 Å². The molecule has 0 bridgehead atoms. The van der Waals surface area contributed by atoms with Crippen molar-refractivity contribution < 1.29 is 0 Å². The van der Waals surface area contributed by atoms with Gasteiger partial charge in [-0.15, -0.1) is 10.2 Å². The molecule has 2 heterocycles. The molecule has 5 rings (SSSR count). The van der Waals surface area contributed by atoms with E-state index in [0.717, 1.165) is 22.3 Å². The lowest BCUT2D eigenvalue weighted by atomic mass is 9.98. The van der Waals surface area contributed by atoms with Gasteiger partial charge in [0.1, 0.15) is 0 Å². The van der Waals surface area contributed by atoms with Gasteiger partial charge >= 0.3 is 0 Å². The first-order valence-electron chi connectivity index (χ1n) is 10.0. The Bertz CT molecular complexity index is 1210.